The number of hydrogen-bond donors (Lipinski definition) is 0. The Morgan fingerprint density at radius 2 is 2.15 bits per heavy atom. The minimum Gasteiger partial charge on any atom is -1.00 e. The molecule has 1 aliphatic heterocycles. The predicted octanol–water partition coefficient (Wildman–Crippen LogP) is -2.46. The Kier molecular flexibility index (Phi) is 5.23. The van der Waals surface area contributed by atoms with E-state index in [9.17, 15) is 18.0 Å². The molecule has 0 aliphatic carbocycles. The van der Waals surface area contributed by atoms with Gasteiger partial charge in [0, 0.05) is 0 Å². The summed E-state index contributed by atoms with van der Waals surface area (Å²) in [6.45, 7) is -0.382. The minimum absolute atomic E-state index is 0. The molecule has 0 aromatic carbocycles. The summed E-state index contributed by atoms with van der Waals surface area (Å²) in [5.41, 5.74) is 0. The van der Waals surface area contributed by atoms with Crippen LogP contribution in [0.5, 0.6) is 0 Å². The van der Waals surface area contributed by atoms with Crippen molar-refractivity contribution in [3.05, 3.63) is 0 Å². The summed E-state index contributed by atoms with van der Waals surface area (Å²) in [5.74, 6) is -1.47. The second kappa shape index (κ2) is 5.16. The molecule has 1 unspecified atom stereocenters. The molecule has 1 heterocycles. The fourth-order valence-electron chi connectivity index (χ4n) is 0.649. The topological polar surface area (TPSA) is 44.8 Å². The van der Waals surface area contributed by atoms with Crippen LogP contribution in [0.4, 0.5) is 13.2 Å². The molecule has 0 aromatic rings. The summed E-state index contributed by atoms with van der Waals surface area (Å²) in [6.07, 6.45) is -6.21. The molecule has 0 amide bonds. The van der Waals surface area contributed by atoms with Crippen LogP contribution in [-0.2, 0) is 19.0 Å². The van der Waals surface area contributed by atoms with Crippen LogP contribution >= 0.6 is 0 Å². The van der Waals surface area contributed by atoms with Gasteiger partial charge in [-0.15, -0.1) is 13.2 Å². The molecule has 13 heavy (non-hydrogen) atoms. The van der Waals surface area contributed by atoms with Gasteiger partial charge in [0.1, 0.15) is 6.79 Å². The maximum atomic E-state index is 11.4. The van der Waals surface area contributed by atoms with E-state index in [1.165, 1.54) is 0 Å². The zero-order chi connectivity index (χ0) is 9.19. The zero-order valence-electron chi connectivity index (χ0n) is 7.76. The van der Waals surface area contributed by atoms with Gasteiger partial charge in [-0.1, -0.05) is 0 Å². The number of rotatable bonds is 1. The fourth-order valence-corrected chi connectivity index (χ4v) is 0.649. The number of hydrogen-bond acceptors (Lipinski definition) is 4. The average Bonchev–Trinajstić information content (AvgIpc) is 2.32. The van der Waals surface area contributed by atoms with Gasteiger partial charge in [0.25, 0.3) is 0 Å². The number of esters is 1. The Hall–Kier alpha value is 0.180. The molecule has 72 valence electrons. The second-order valence-corrected chi connectivity index (χ2v) is 2.01. The maximum absolute atomic E-state index is 11.4. The number of carbonyl (C=O) groups excluding carboxylic acids is 1. The van der Waals surface area contributed by atoms with Crippen molar-refractivity contribution in [3.63, 3.8) is 0 Å². The third kappa shape index (κ3) is 4.82. The van der Waals surface area contributed by atoms with Crippen LogP contribution in [0, 0.1) is 0 Å². The van der Waals surface area contributed by atoms with Crippen molar-refractivity contribution >= 4 is 5.97 Å². The number of ether oxygens (including phenoxy) is 3. The normalized spacial score (nSPS) is 22.2. The standard InChI is InChI=1S/C5H5F3O4.Na.H/c6-5(7,8)12-4(9)3-1-10-2-11-3;;/h3H,1-2H2;;/q;+1;-1. The predicted molar refractivity (Wildman–Crippen MR) is 29.0 cm³/mol. The number of halogens is 3. The van der Waals surface area contributed by atoms with Gasteiger partial charge in [-0.05, 0) is 0 Å². The smallest absolute Gasteiger partial charge is 1.00 e. The second-order valence-electron chi connectivity index (χ2n) is 2.01. The molecule has 8 heteroatoms. The molecule has 0 saturated carbocycles. The van der Waals surface area contributed by atoms with Crippen molar-refractivity contribution in [1.29, 1.82) is 0 Å². The van der Waals surface area contributed by atoms with E-state index in [1.54, 1.807) is 0 Å². The molecule has 1 fully saturated rings. The molecule has 0 aromatic heterocycles. The van der Waals surface area contributed by atoms with E-state index in [1.807, 2.05) is 0 Å². The maximum Gasteiger partial charge on any atom is 1.00 e. The SMILES string of the molecule is O=C(OC(F)(F)F)C1COCO1.[H-].[Na+]. The molecule has 4 nitrogen and oxygen atoms in total. The van der Waals surface area contributed by atoms with Crippen LogP contribution in [0.25, 0.3) is 0 Å². The molecule has 0 spiro atoms. The molecule has 0 bridgehead atoms. The van der Waals surface area contributed by atoms with Crippen molar-refractivity contribution in [1.82, 2.24) is 0 Å². The van der Waals surface area contributed by atoms with Gasteiger partial charge in [-0.2, -0.15) is 0 Å². The summed E-state index contributed by atoms with van der Waals surface area (Å²) >= 11 is 0. The van der Waals surface area contributed by atoms with Crippen LogP contribution < -0.4 is 29.6 Å². The molecule has 0 N–H and O–H groups in total. The van der Waals surface area contributed by atoms with Gasteiger partial charge in [-0.25, -0.2) is 4.79 Å². The summed E-state index contributed by atoms with van der Waals surface area (Å²) in [5, 5.41) is 0. The van der Waals surface area contributed by atoms with Crippen molar-refractivity contribution in [2.45, 2.75) is 12.5 Å². The van der Waals surface area contributed by atoms with Crippen LogP contribution in [-0.4, -0.2) is 31.8 Å². The summed E-state index contributed by atoms with van der Waals surface area (Å²) < 4.78 is 46.3. The van der Waals surface area contributed by atoms with E-state index in [0.717, 1.165) is 0 Å². The van der Waals surface area contributed by atoms with E-state index in [0.29, 0.717) is 0 Å². The third-order valence-corrected chi connectivity index (χ3v) is 1.10. The molecule has 1 aliphatic rings. The van der Waals surface area contributed by atoms with Crippen molar-refractivity contribution in [2.24, 2.45) is 0 Å². The van der Waals surface area contributed by atoms with Crippen LogP contribution in [0.3, 0.4) is 0 Å². The average molecular weight is 210 g/mol. The van der Waals surface area contributed by atoms with E-state index >= 15 is 0 Å². The zero-order valence-corrected chi connectivity index (χ0v) is 8.76. The van der Waals surface area contributed by atoms with Gasteiger partial charge in [0.15, 0.2) is 6.10 Å². The number of carbonyl (C=O) groups is 1. The van der Waals surface area contributed by atoms with E-state index in [4.69, 9.17) is 0 Å². The number of alkyl halides is 3. The van der Waals surface area contributed by atoms with E-state index in [2.05, 4.69) is 14.2 Å². The van der Waals surface area contributed by atoms with Gasteiger partial charge in [-0.3, -0.25) is 0 Å². The summed E-state index contributed by atoms with van der Waals surface area (Å²) in [6, 6.07) is 0. The van der Waals surface area contributed by atoms with Crippen molar-refractivity contribution in [2.75, 3.05) is 13.4 Å². The molecule has 0 radical (unpaired) electrons. The third-order valence-electron chi connectivity index (χ3n) is 1.10. The first kappa shape index (κ1) is 13.2. The summed E-state index contributed by atoms with van der Waals surface area (Å²) in [7, 11) is 0. The minimum atomic E-state index is -4.96. The van der Waals surface area contributed by atoms with Crippen molar-refractivity contribution < 1.29 is 63.2 Å². The monoisotopic (exact) mass is 210 g/mol. The molecule has 1 atom stereocenters. The van der Waals surface area contributed by atoms with Crippen LogP contribution in [0.2, 0.25) is 0 Å². The Bertz CT molecular complexity index is 182. The molecule has 1 rings (SSSR count). The van der Waals surface area contributed by atoms with E-state index < -0.39 is 18.4 Å². The Balaban J connectivity index is 0. The Morgan fingerprint density at radius 1 is 1.54 bits per heavy atom. The summed E-state index contributed by atoms with van der Waals surface area (Å²) in [4.78, 5) is 10.5. The fraction of sp³-hybridized carbons (Fsp3) is 0.800. The Morgan fingerprint density at radius 3 is 2.54 bits per heavy atom. The van der Waals surface area contributed by atoms with Crippen molar-refractivity contribution in [3.8, 4) is 0 Å². The first-order chi connectivity index (χ1) is 5.49. The van der Waals surface area contributed by atoms with Gasteiger partial charge in [0.05, 0.1) is 6.61 Å². The largest absolute Gasteiger partial charge is 1.00 e. The molecular formula is C5H6F3NaO4. The first-order valence-electron chi connectivity index (χ1n) is 2.98. The molecular weight excluding hydrogens is 204 g/mol. The van der Waals surface area contributed by atoms with E-state index in [-0.39, 0.29) is 44.4 Å². The van der Waals surface area contributed by atoms with Gasteiger partial charge < -0.3 is 15.6 Å². The quantitative estimate of drug-likeness (QED) is 0.355. The van der Waals surface area contributed by atoms with Gasteiger partial charge >= 0.3 is 41.9 Å². The van der Waals surface area contributed by atoms with Crippen LogP contribution in [0.1, 0.15) is 1.43 Å². The Labute approximate surface area is 95.1 Å². The first-order valence-corrected chi connectivity index (χ1v) is 2.98. The van der Waals surface area contributed by atoms with Crippen LogP contribution in [0.15, 0.2) is 0 Å². The van der Waals surface area contributed by atoms with Gasteiger partial charge in [0.2, 0.25) is 0 Å². The molecule has 1 saturated heterocycles.